The van der Waals surface area contributed by atoms with E-state index in [1.54, 1.807) is 7.11 Å². The van der Waals surface area contributed by atoms with Crippen LogP contribution in [0.1, 0.15) is 18.4 Å². The van der Waals surface area contributed by atoms with Crippen LogP contribution in [0.25, 0.3) is 0 Å². The molecule has 0 bridgehead atoms. The number of ether oxygens (including phenoxy) is 2. The molecule has 0 aliphatic carbocycles. The summed E-state index contributed by atoms with van der Waals surface area (Å²) >= 11 is 0. The summed E-state index contributed by atoms with van der Waals surface area (Å²) in [5.41, 5.74) is 1.15. The Hall–Kier alpha value is -1.24. The molecule has 6 nitrogen and oxygen atoms in total. The van der Waals surface area contributed by atoms with Crippen LogP contribution in [0.2, 0.25) is 0 Å². The zero-order valence-electron chi connectivity index (χ0n) is 12.7. The molecular formula is C15H24N4O2. The van der Waals surface area contributed by atoms with Crippen molar-refractivity contribution in [3.8, 4) is 6.01 Å². The molecule has 1 aromatic heterocycles. The Balaban J connectivity index is 1.46. The normalized spacial score (nSPS) is 22.3. The van der Waals surface area contributed by atoms with E-state index >= 15 is 0 Å². The first-order valence-corrected chi connectivity index (χ1v) is 7.74. The van der Waals surface area contributed by atoms with Crippen molar-refractivity contribution in [1.82, 2.24) is 19.8 Å². The van der Waals surface area contributed by atoms with Crippen molar-refractivity contribution < 1.29 is 9.47 Å². The molecule has 21 heavy (non-hydrogen) atoms. The zero-order valence-corrected chi connectivity index (χ0v) is 12.7. The first kappa shape index (κ1) is 14.7. The standard InChI is InChI=1S/C15H24N4O2/c1-20-15-16-10-13(11-17-15)12-18-4-6-19(7-5-18)14-2-8-21-9-3-14/h10-11,14H,2-9,12H2,1H3. The SMILES string of the molecule is COc1ncc(CN2CCN(C3CCOCC3)CC2)cn1. The fourth-order valence-corrected chi connectivity index (χ4v) is 3.13. The Morgan fingerprint density at radius 1 is 1.14 bits per heavy atom. The molecule has 2 fully saturated rings. The molecule has 0 unspecified atom stereocenters. The highest BCUT2D eigenvalue weighted by atomic mass is 16.5. The largest absolute Gasteiger partial charge is 0.467 e. The summed E-state index contributed by atoms with van der Waals surface area (Å²) < 4.78 is 10.4. The van der Waals surface area contributed by atoms with E-state index in [2.05, 4.69) is 19.8 Å². The van der Waals surface area contributed by atoms with Crippen LogP contribution in [0.5, 0.6) is 6.01 Å². The van der Waals surface area contributed by atoms with E-state index in [0.29, 0.717) is 6.01 Å². The van der Waals surface area contributed by atoms with Gasteiger partial charge in [-0.2, -0.15) is 0 Å². The molecule has 6 heteroatoms. The van der Waals surface area contributed by atoms with Gasteiger partial charge in [-0.15, -0.1) is 0 Å². The molecule has 2 saturated heterocycles. The number of rotatable bonds is 4. The third-order valence-electron chi connectivity index (χ3n) is 4.38. The number of hydrogen-bond donors (Lipinski definition) is 0. The Labute approximate surface area is 126 Å². The van der Waals surface area contributed by atoms with Crippen LogP contribution < -0.4 is 4.74 Å². The maximum Gasteiger partial charge on any atom is 0.316 e. The molecule has 3 heterocycles. The summed E-state index contributed by atoms with van der Waals surface area (Å²) in [6.45, 7) is 7.31. The molecule has 0 aromatic carbocycles. The Kier molecular flexibility index (Phi) is 5.00. The second kappa shape index (κ2) is 7.15. The summed E-state index contributed by atoms with van der Waals surface area (Å²) in [7, 11) is 1.59. The summed E-state index contributed by atoms with van der Waals surface area (Å²) in [4.78, 5) is 13.4. The predicted molar refractivity (Wildman–Crippen MR) is 79.3 cm³/mol. The van der Waals surface area contributed by atoms with Crippen molar-refractivity contribution in [1.29, 1.82) is 0 Å². The van der Waals surface area contributed by atoms with Crippen molar-refractivity contribution in [3.63, 3.8) is 0 Å². The van der Waals surface area contributed by atoms with Gasteiger partial charge in [0.05, 0.1) is 7.11 Å². The van der Waals surface area contributed by atoms with Crippen molar-refractivity contribution in [2.45, 2.75) is 25.4 Å². The average molecular weight is 292 g/mol. The van der Waals surface area contributed by atoms with Crippen molar-refractivity contribution in [2.75, 3.05) is 46.5 Å². The third-order valence-corrected chi connectivity index (χ3v) is 4.38. The number of piperazine rings is 1. The molecule has 0 atom stereocenters. The lowest BCUT2D eigenvalue weighted by Gasteiger charge is -2.40. The topological polar surface area (TPSA) is 50.7 Å². The van der Waals surface area contributed by atoms with Gasteiger partial charge in [0.25, 0.3) is 0 Å². The van der Waals surface area contributed by atoms with Gasteiger partial charge < -0.3 is 9.47 Å². The quantitative estimate of drug-likeness (QED) is 0.817. The predicted octanol–water partition coefficient (Wildman–Crippen LogP) is 0.782. The van der Waals surface area contributed by atoms with E-state index in [0.717, 1.165) is 57.5 Å². The monoisotopic (exact) mass is 292 g/mol. The van der Waals surface area contributed by atoms with Crippen LogP contribution in [-0.4, -0.2) is 72.3 Å². The van der Waals surface area contributed by atoms with Gasteiger partial charge in [0.2, 0.25) is 0 Å². The van der Waals surface area contributed by atoms with Crippen LogP contribution in [0.4, 0.5) is 0 Å². The van der Waals surface area contributed by atoms with Gasteiger partial charge in [-0.25, -0.2) is 9.97 Å². The van der Waals surface area contributed by atoms with Crippen LogP contribution in [-0.2, 0) is 11.3 Å². The number of nitrogens with zero attached hydrogens (tertiary/aromatic N) is 4. The van der Waals surface area contributed by atoms with Crippen LogP contribution in [0.3, 0.4) is 0 Å². The minimum atomic E-state index is 0.433. The van der Waals surface area contributed by atoms with E-state index in [9.17, 15) is 0 Å². The summed E-state index contributed by atoms with van der Waals surface area (Å²) in [5.74, 6) is 0. The first-order valence-electron chi connectivity index (χ1n) is 7.74. The molecule has 0 radical (unpaired) electrons. The maximum absolute atomic E-state index is 5.45. The molecule has 116 valence electrons. The third kappa shape index (κ3) is 3.90. The average Bonchev–Trinajstić information content (AvgIpc) is 2.57. The van der Waals surface area contributed by atoms with Gasteiger partial charge in [0.15, 0.2) is 0 Å². The van der Waals surface area contributed by atoms with Crippen LogP contribution >= 0.6 is 0 Å². The lowest BCUT2D eigenvalue weighted by atomic mass is 10.1. The molecule has 3 rings (SSSR count). The second-order valence-corrected chi connectivity index (χ2v) is 5.73. The van der Waals surface area contributed by atoms with E-state index in [-0.39, 0.29) is 0 Å². The summed E-state index contributed by atoms with van der Waals surface area (Å²) in [6.07, 6.45) is 6.09. The van der Waals surface area contributed by atoms with Gasteiger partial charge >= 0.3 is 6.01 Å². The minimum absolute atomic E-state index is 0.433. The molecule has 0 N–H and O–H groups in total. The van der Waals surface area contributed by atoms with E-state index in [1.807, 2.05) is 12.4 Å². The maximum atomic E-state index is 5.45. The molecule has 1 aromatic rings. The Morgan fingerprint density at radius 2 is 1.81 bits per heavy atom. The highest BCUT2D eigenvalue weighted by Crippen LogP contribution is 2.17. The lowest BCUT2D eigenvalue weighted by Crippen LogP contribution is -2.51. The Morgan fingerprint density at radius 3 is 2.43 bits per heavy atom. The van der Waals surface area contributed by atoms with Gasteiger partial charge in [-0.05, 0) is 12.8 Å². The van der Waals surface area contributed by atoms with E-state index in [4.69, 9.17) is 9.47 Å². The Bertz CT molecular complexity index is 426. The van der Waals surface area contributed by atoms with Gasteiger partial charge in [0.1, 0.15) is 0 Å². The van der Waals surface area contributed by atoms with E-state index < -0.39 is 0 Å². The molecule has 0 saturated carbocycles. The number of hydrogen-bond acceptors (Lipinski definition) is 6. The van der Waals surface area contributed by atoms with Crippen molar-refractivity contribution >= 4 is 0 Å². The minimum Gasteiger partial charge on any atom is -0.467 e. The van der Waals surface area contributed by atoms with Gasteiger partial charge in [-0.1, -0.05) is 0 Å². The molecule has 2 aliphatic heterocycles. The first-order chi connectivity index (χ1) is 10.3. The smallest absolute Gasteiger partial charge is 0.316 e. The fraction of sp³-hybridized carbons (Fsp3) is 0.733. The zero-order chi connectivity index (χ0) is 14.5. The molecular weight excluding hydrogens is 268 g/mol. The number of aromatic nitrogens is 2. The fourth-order valence-electron chi connectivity index (χ4n) is 3.13. The highest BCUT2D eigenvalue weighted by Gasteiger charge is 2.25. The van der Waals surface area contributed by atoms with Crippen LogP contribution in [0.15, 0.2) is 12.4 Å². The molecule has 0 spiro atoms. The number of methoxy groups -OCH3 is 1. The van der Waals surface area contributed by atoms with Crippen LogP contribution in [0, 0.1) is 0 Å². The lowest BCUT2D eigenvalue weighted by molar-refractivity contribution is 0.0126. The molecule has 0 amide bonds. The van der Waals surface area contributed by atoms with Gasteiger partial charge in [-0.3, -0.25) is 9.80 Å². The summed E-state index contributed by atoms with van der Waals surface area (Å²) in [5, 5.41) is 0. The second-order valence-electron chi connectivity index (χ2n) is 5.73. The van der Waals surface area contributed by atoms with E-state index in [1.165, 1.54) is 12.8 Å². The molecule has 2 aliphatic rings. The van der Waals surface area contributed by atoms with Gasteiger partial charge in [0, 0.05) is 69.9 Å². The van der Waals surface area contributed by atoms with Crippen molar-refractivity contribution in [3.05, 3.63) is 18.0 Å². The summed E-state index contributed by atoms with van der Waals surface area (Å²) in [6, 6.07) is 1.16. The van der Waals surface area contributed by atoms with Crippen molar-refractivity contribution in [2.24, 2.45) is 0 Å². The highest BCUT2D eigenvalue weighted by molar-refractivity contribution is 5.07.